The molecule has 1 fully saturated rings. The monoisotopic (exact) mass is 491 g/mol. The third-order valence-electron chi connectivity index (χ3n) is 4.09. The number of morpholine rings is 1. The Bertz CT molecular complexity index is 539. The minimum atomic E-state index is 0. The van der Waals surface area contributed by atoms with Crippen molar-refractivity contribution in [2.45, 2.75) is 33.2 Å². The van der Waals surface area contributed by atoms with Crippen LogP contribution >= 0.6 is 24.0 Å². The molecular formula is C19H34IN5O2. The number of pyridine rings is 1. The molecule has 8 heteroatoms. The van der Waals surface area contributed by atoms with E-state index in [2.05, 4.69) is 39.4 Å². The first-order valence-corrected chi connectivity index (χ1v) is 9.72. The van der Waals surface area contributed by atoms with E-state index in [-0.39, 0.29) is 24.0 Å². The maximum atomic E-state index is 5.71. The average molecular weight is 491 g/mol. The van der Waals surface area contributed by atoms with Gasteiger partial charge in [-0.1, -0.05) is 13.0 Å². The topological polar surface area (TPSA) is 71.0 Å². The zero-order valence-corrected chi connectivity index (χ0v) is 18.9. The molecule has 2 rings (SSSR count). The molecule has 1 aliphatic heterocycles. The molecule has 1 saturated heterocycles. The van der Waals surface area contributed by atoms with Gasteiger partial charge in [0.15, 0.2) is 5.96 Å². The van der Waals surface area contributed by atoms with Crippen LogP contribution in [0.1, 0.15) is 32.3 Å². The van der Waals surface area contributed by atoms with Gasteiger partial charge >= 0.3 is 0 Å². The Labute approximate surface area is 180 Å². The van der Waals surface area contributed by atoms with Crippen molar-refractivity contribution in [3.63, 3.8) is 0 Å². The van der Waals surface area contributed by atoms with E-state index < -0.39 is 0 Å². The fourth-order valence-electron chi connectivity index (χ4n) is 2.71. The predicted molar refractivity (Wildman–Crippen MR) is 120 cm³/mol. The Morgan fingerprint density at radius 3 is 2.85 bits per heavy atom. The highest BCUT2D eigenvalue weighted by atomic mass is 127. The van der Waals surface area contributed by atoms with Gasteiger partial charge in [0.25, 0.3) is 0 Å². The fraction of sp³-hybridized carbons (Fsp3) is 0.684. The second kappa shape index (κ2) is 14.9. The number of aromatic nitrogens is 1. The number of hydrogen-bond donors (Lipinski definition) is 2. The standard InChI is InChI=1S/C19H33N5O2.HI/c1-3-13-26-18-17(7-5-8-21-18)16-23-19(20-4-2)22-9-6-10-24-11-14-25-15-12-24;/h5,7-8H,3-4,6,9-16H2,1-2H3,(H2,20,22,23);1H. The van der Waals surface area contributed by atoms with Crippen molar-refractivity contribution in [2.75, 3.05) is 52.5 Å². The van der Waals surface area contributed by atoms with Crippen molar-refractivity contribution >= 4 is 29.9 Å². The zero-order valence-electron chi connectivity index (χ0n) is 16.6. The SMILES string of the molecule is CCCOc1ncccc1CN=C(NCC)NCCCN1CCOCC1.I. The average Bonchev–Trinajstić information content (AvgIpc) is 2.69. The van der Waals surface area contributed by atoms with Crippen molar-refractivity contribution in [2.24, 2.45) is 4.99 Å². The third kappa shape index (κ3) is 9.57. The van der Waals surface area contributed by atoms with E-state index in [0.29, 0.717) is 19.0 Å². The van der Waals surface area contributed by atoms with Crippen LogP contribution in [0.2, 0.25) is 0 Å². The van der Waals surface area contributed by atoms with Crippen molar-refractivity contribution in [1.29, 1.82) is 0 Å². The van der Waals surface area contributed by atoms with E-state index in [0.717, 1.165) is 70.3 Å². The van der Waals surface area contributed by atoms with Crippen LogP contribution in [-0.4, -0.2) is 68.4 Å². The molecule has 27 heavy (non-hydrogen) atoms. The Morgan fingerprint density at radius 2 is 2.11 bits per heavy atom. The number of rotatable bonds is 10. The summed E-state index contributed by atoms with van der Waals surface area (Å²) in [7, 11) is 0. The van der Waals surface area contributed by atoms with Crippen LogP contribution in [0.4, 0.5) is 0 Å². The molecule has 0 aliphatic carbocycles. The summed E-state index contributed by atoms with van der Waals surface area (Å²) in [6, 6.07) is 3.94. The molecular weight excluding hydrogens is 457 g/mol. The summed E-state index contributed by atoms with van der Waals surface area (Å²) in [4.78, 5) is 11.4. The van der Waals surface area contributed by atoms with Crippen LogP contribution in [0.15, 0.2) is 23.3 Å². The zero-order chi connectivity index (χ0) is 18.5. The molecule has 0 unspecified atom stereocenters. The van der Waals surface area contributed by atoms with Crippen LogP contribution in [0.5, 0.6) is 5.88 Å². The third-order valence-corrected chi connectivity index (χ3v) is 4.09. The summed E-state index contributed by atoms with van der Waals surface area (Å²) >= 11 is 0. The quantitative estimate of drug-likeness (QED) is 0.227. The van der Waals surface area contributed by atoms with Crippen molar-refractivity contribution in [1.82, 2.24) is 20.5 Å². The van der Waals surface area contributed by atoms with Crippen LogP contribution in [0, 0.1) is 0 Å². The number of hydrogen-bond acceptors (Lipinski definition) is 5. The summed E-state index contributed by atoms with van der Waals surface area (Å²) in [5, 5.41) is 6.71. The molecule has 2 N–H and O–H groups in total. The first-order valence-electron chi connectivity index (χ1n) is 9.72. The number of nitrogens with zero attached hydrogens (tertiary/aromatic N) is 3. The number of guanidine groups is 1. The van der Waals surface area contributed by atoms with E-state index in [1.165, 1.54) is 0 Å². The van der Waals surface area contributed by atoms with Crippen molar-refractivity contribution < 1.29 is 9.47 Å². The Hall–Kier alpha value is -1.13. The fourth-order valence-corrected chi connectivity index (χ4v) is 2.71. The lowest BCUT2D eigenvalue weighted by molar-refractivity contribution is 0.0376. The summed E-state index contributed by atoms with van der Waals surface area (Å²) < 4.78 is 11.1. The van der Waals surface area contributed by atoms with Crippen LogP contribution in [-0.2, 0) is 11.3 Å². The van der Waals surface area contributed by atoms with Gasteiger partial charge in [-0.05, 0) is 32.4 Å². The molecule has 1 aliphatic rings. The van der Waals surface area contributed by atoms with Crippen LogP contribution in [0.25, 0.3) is 0 Å². The van der Waals surface area contributed by atoms with Gasteiger partial charge in [-0.2, -0.15) is 0 Å². The minimum absolute atomic E-state index is 0. The second-order valence-electron chi connectivity index (χ2n) is 6.25. The molecule has 0 radical (unpaired) electrons. The summed E-state index contributed by atoms with van der Waals surface area (Å²) in [6.45, 7) is 12.0. The Balaban J connectivity index is 0.00000364. The predicted octanol–water partition coefficient (Wildman–Crippen LogP) is 2.27. The van der Waals surface area contributed by atoms with Gasteiger partial charge in [0, 0.05) is 37.9 Å². The summed E-state index contributed by atoms with van der Waals surface area (Å²) in [6.07, 6.45) is 3.81. The molecule has 0 spiro atoms. The molecule has 0 amide bonds. The van der Waals surface area contributed by atoms with Crippen molar-refractivity contribution in [3.8, 4) is 5.88 Å². The minimum Gasteiger partial charge on any atom is -0.477 e. The molecule has 154 valence electrons. The maximum absolute atomic E-state index is 5.71. The van der Waals surface area contributed by atoms with Gasteiger partial charge in [0.05, 0.1) is 26.4 Å². The Morgan fingerprint density at radius 1 is 1.30 bits per heavy atom. The molecule has 0 aromatic carbocycles. The molecule has 2 heterocycles. The summed E-state index contributed by atoms with van der Waals surface area (Å²) in [5.74, 6) is 1.51. The van der Waals surface area contributed by atoms with E-state index in [9.17, 15) is 0 Å². The Kier molecular flexibility index (Phi) is 13.2. The highest BCUT2D eigenvalue weighted by molar-refractivity contribution is 14.0. The lowest BCUT2D eigenvalue weighted by Gasteiger charge is -2.26. The molecule has 0 atom stereocenters. The van der Waals surface area contributed by atoms with E-state index in [4.69, 9.17) is 9.47 Å². The maximum Gasteiger partial charge on any atom is 0.218 e. The molecule has 0 saturated carbocycles. The van der Waals surface area contributed by atoms with Gasteiger partial charge in [-0.3, -0.25) is 4.90 Å². The highest BCUT2D eigenvalue weighted by Gasteiger charge is 2.09. The normalized spacial score (nSPS) is 15.1. The molecule has 1 aromatic heterocycles. The van der Waals surface area contributed by atoms with Gasteiger partial charge in [-0.15, -0.1) is 24.0 Å². The molecule has 0 bridgehead atoms. The second-order valence-corrected chi connectivity index (χ2v) is 6.25. The van der Waals surface area contributed by atoms with Crippen molar-refractivity contribution in [3.05, 3.63) is 23.9 Å². The number of ether oxygens (including phenoxy) is 2. The summed E-state index contributed by atoms with van der Waals surface area (Å²) in [5.41, 5.74) is 1.01. The largest absolute Gasteiger partial charge is 0.477 e. The van der Waals surface area contributed by atoms with Gasteiger partial charge < -0.3 is 20.1 Å². The van der Waals surface area contributed by atoms with Gasteiger partial charge in [-0.25, -0.2) is 9.98 Å². The van der Waals surface area contributed by atoms with Gasteiger partial charge in [0.2, 0.25) is 5.88 Å². The lowest BCUT2D eigenvalue weighted by Crippen LogP contribution is -2.40. The smallest absolute Gasteiger partial charge is 0.218 e. The molecule has 1 aromatic rings. The first kappa shape index (κ1) is 23.9. The van der Waals surface area contributed by atoms with Gasteiger partial charge in [0.1, 0.15) is 0 Å². The number of aliphatic imine (C=N–C) groups is 1. The van der Waals surface area contributed by atoms with E-state index in [1.54, 1.807) is 6.20 Å². The number of nitrogens with one attached hydrogen (secondary N) is 2. The first-order chi connectivity index (χ1) is 12.8. The van der Waals surface area contributed by atoms with Crippen LogP contribution < -0.4 is 15.4 Å². The highest BCUT2D eigenvalue weighted by Crippen LogP contribution is 2.15. The van der Waals surface area contributed by atoms with E-state index in [1.807, 2.05) is 12.1 Å². The van der Waals surface area contributed by atoms with Crippen LogP contribution in [0.3, 0.4) is 0 Å². The number of halogens is 1. The molecule has 7 nitrogen and oxygen atoms in total. The van der Waals surface area contributed by atoms with E-state index >= 15 is 0 Å². The lowest BCUT2D eigenvalue weighted by atomic mass is 10.3.